The molecule has 4 unspecified atom stereocenters. The Kier molecular flexibility index (Phi) is 55.7. The van der Waals surface area contributed by atoms with Gasteiger partial charge in [0, 0.05) is 84.3 Å². The van der Waals surface area contributed by atoms with E-state index in [1.54, 1.807) is 22.3 Å². The van der Waals surface area contributed by atoms with Gasteiger partial charge in [0.05, 0.1) is 0 Å². The molecule has 0 fully saturated rings. The zero-order chi connectivity index (χ0) is 54.2. The first-order valence-corrected chi connectivity index (χ1v) is 29.8. The molecule has 4 atom stereocenters. The summed E-state index contributed by atoms with van der Waals surface area (Å²) in [5.41, 5.74) is 12.3. The summed E-state index contributed by atoms with van der Waals surface area (Å²) in [5.74, 6) is 8.67. The summed E-state index contributed by atoms with van der Waals surface area (Å²) in [6.07, 6.45) is 24.3. The fourth-order valence-corrected chi connectivity index (χ4v) is 10.3. The number of hydrogen-bond donors (Lipinski definition) is 0. The number of aryl methyl sites for hydroxylation is 4. The molecule has 456 valence electrons. The first-order valence-electron chi connectivity index (χ1n) is 29.8. The maximum atomic E-state index is 2.49. The monoisotopic (exact) mass is 1780 g/mol. The Hall–Kier alpha value is -0.367. The predicted octanol–water partition coefficient (Wildman–Crippen LogP) is 23.1. The molecule has 0 radical (unpaired) electrons. The van der Waals surface area contributed by atoms with Gasteiger partial charge in [0.25, 0.3) is 0 Å². The minimum absolute atomic E-state index is 0. The van der Waals surface area contributed by atoms with Gasteiger partial charge in [-0.3, -0.25) is 0 Å². The molecule has 0 spiro atoms. The molecule has 0 amide bonds. The third-order valence-corrected chi connectivity index (χ3v) is 14.8. The third-order valence-electron chi connectivity index (χ3n) is 14.8. The summed E-state index contributed by atoms with van der Waals surface area (Å²) in [5, 5.41) is 0. The number of rotatable bonds is 28. The molecule has 0 nitrogen and oxygen atoms in total. The summed E-state index contributed by atoms with van der Waals surface area (Å²) < 4.78 is 0. The molecule has 0 saturated carbocycles. The van der Waals surface area contributed by atoms with Gasteiger partial charge in [-0.05, 0) is 118 Å². The van der Waals surface area contributed by atoms with Gasteiger partial charge < -0.3 is 25.7 Å². The Bertz CT molecular complexity index is 1640. The smallest absolute Gasteiger partial charge is 0 e. The molecule has 4 aromatic rings. The summed E-state index contributed by atoms with van der Waals surface area (Å²) in [4.78, 5) is 0. The van der Waals surface area contributed by atoms with Crippen molar-refractivity contribution in [3.63, 3.8) is 0 Å². The van der Waals surface area contributed by atoms with Crippen LogP contribution in [0.3, 0.4) is 0 Å². The molecule has 0 saturated heterocycles. The van der Waals surface area contributed by atoms with Gasteiger partial charge in [-0.1, -0.05) is 267 Å². The van der Waals surface area contributed by atoms with Gasteiger partial charge in [-0.15, -0.1) is 0 Å². The Morgan fingerprint density at radius 2 is 0.416 bits per heavy atom. The van der Waals surface area contributed by atoms with Crippen LogP contribution in [-0.2, 0) is 110 Å². The number of benzene rings is 4. The van der Waals surface area contributed by atoms with E-state index in [1.165, 1.54) is 73.6 Å². The minimum Gasteiger partial charge on any atom is -0.328 e. The van der Waals surface area contributed by atoms with Crippen LogP contribution in [0.2, 0.25) is 0 Å². The maximum Gasteiger partial charge on any atom is 0 e. The second kappa shape index (κ2) is 50.2. The van der Waals surface area contributed by atoms with Gasteiger partial charge in [-0.25, -0.2) is 0 Å². The summed E-state index contributed by atoms with van der Waals surface area (Å²) in [6, 6.07) is 35.8. The van der Waals surface area contributed by atoms with E-state index >= 15 is 0 Å². The van der Waals surface area contributed by atoms with Crippen molar-refractivity contribution >= 4 is 0 Å². The second-order valence-corrected chi connectivity index (χ2v) is 24.2. The first-order chi connectivity index (χ1) is 34.2. The van der Waals surface area contributed by atoms with Crippen molar-refractivity contribution in [2.75, 3.05) is 0 Å². The molecule has 77 heavy (non-hydrogen) atoms. The van der Waals surface area contributed by atoms with E-state index in [2.05, 4.69) is 261 Å². The zero-order valence-electron chi connectivity index (χ0n) is 52.2. The van der Waals surface area contributed by atoms with Crippen LogP contribution in [0.4, 0.5) is 0 Å². The molecule has 0 aliphatic rings. The van der Waals surface area contributed by atoms with Crippen LogP contribution in [0.5, 0.6) is 0 Å². The van der Waals surface area contributed by atoms with E-state index < -0.39 is 0 Å². The van der Waals surface area contributed by atoms with Crippen molar-refractivity contribution < 1.29 is 84.3 Å². The quantitative estimate of drug-likeness (QED) is 0.0497. The molecule has 0 bridgehead atoms. The van der Waals surface area contributed by atoms with Crippen molar-refractivity contribution in [2.45, 2.75) is 247 Å². The Labute approximate surface area is 540 Å². The fraction of sp³-hybridized carbons (Fsp3) is 0.616. The van der Waals surface area contributed by atoms with Gasteiger partial charge in [0.15, 0.2) is 0 Å². The molecule has 0 aromatic heterocycles. The first kappa shape index (κ1) is 85.4. The largest absolute Gasteiger partial charge is 0.328 e. The van der Waals surface area contributed by atoms with E-state index in [-0.39, 0.29) is 91.7 Å². The standard InChI is InChI=1S/4C18H29.CH4.4Pt/c4*1-6-16-11-7-8-12-18(16)17(15(4)5)13-9-10-14(2)3;;;;;/h4*7-9,11-12,14-15,17H,6,10,13H2,1-5H3;1H4;;;;/q4*-1;;;;;. The van der Waals surface area contributed by atoms with Gasteiger partial charge in [0.2, 0.25) is 0 Å². The molecule has 4 aromatic carbocycles. The molecule has 0 N–H and O–H groups in total. The van der Waals surface area contributed by atoms with Crippen molar-refractivity contribution in [1.82, 2.24) is 0 Å². The average Bonchev–Trinajstić information content (AvgIpc) is 3.34. The molecule has 0 aliphatic carbocycles. The SMILES string of the molecule is C.CCc1ccccc1C(C[CH-]CC(C)C)C(C)C.CCc1ccccc1C(C[CH-]CC(C)C)C(C)C.CCc1ccccc1C(C[CH-]CC(C)C)C(C)C.CCc1ccccc1C(C[CH-]CC(C)C)C(C)C.[Pt].[Pt].[Pt].[Pt]. The average molecular weight is 1780 g/mol. The topological polar surface area (TPSA) is 0 Å². The molecular weight excluding hydrogens is 1660 g/mol. The van der Waals surface area contributed by atoms with Crippen LogP contribution >= 0.6 is 0 Å². The number of hydrogen-bond acceptors (Lipinski definition) is 0. The Morgan fingerprint density at radius 3 is 0.545 bits per heavy atom. The summed E-state index contributed by atoms with van der Waals surface area (Å²) in [7, 11) is 0. The summed E-state index contributed by atoms with van der Waals surface area (Å²) >= 11 is 0. The van der Waals surface area contributed by atoms with E-state index in [9.17, 15) is 0 Å². The molecule has 4 heteroatoms. The van der Waals surface area contributed by atoms with E-state index in [4.69, 9.17) is 0 Å². The van der Waals surface area contributed by atoms with Gasteiger partial charge in [-0.2, -0.15) is 51.4 Å². The van der Waals surface area contributed by atoms with Crippen LogP contribution in [0.1, 0.15) is 265 Å². The Balaban J connectivity index is -0.000000293. The predicted molar refractivity (Wildman–Crippen MR) is 334 cm³/mol. The van der Waals surface area contributed by atoms with Crippen molar-refractivity contribution in [2.24, 2.45) is 47.3 Å². The van der Waals surface area contributed by atoms with Crippen molar-refractivity contribution in [1.29, 1.82) is 0 Å². The fourth-order valence-electron chi connectivity index (χ4n) is 10.3. The molecular formula is C73H120Pt4-4. The summed E-state index contributed by atoms with van der Waals surface area (Å²) in [6.45, 7) is 46.2. The van der Waals surface area contributed by atoms with E-state index in [1.807, 2.05) is 0 Å². The maximum absolute atomic E-state index is 2.49. The normalized spacial score (nSPS) is 12.4. The van der Waals surface area contributed by atoms with Gasteiger partial charge in [0.1, 0.15) is 0 Å². The molecule has 0 heterocycles. The van der Waals surface area contributed by atoms with Crippen molar-refractivity contribution in [3.05, 3.63) is 167 Å². The molecule has 4 rings (SSSR count). The van der Waals surface area contributed by atoms with Crippen LogP contribution in [-0.4, -0.2) is 0 Å². The Morgan fingerprint density at radius 1 is 0.260 bits per heavy atom. The van der Waals surface area contributed by atoms with Crippen LogP contribution in [0, 0.1) is 73.0 Å². The minimum atomic E-state index is 0. The van der Waals surface area contributed by atoms with E-state index in [0.29, 0.717) is 47.3 Å². The third kappa shape index (κ3) is 35.4. The van der Waals surface area contributed by atoms with E-state index in [0.717, 1.165) is 49.4 Å². The van der Waals surface area contributed by atoms with Crippen molar-refractivity contribution in [3.8, 4) is 0 Å². The molecule has 0 aliphatic heterocycles. The second-order valence-electron chi connectivity index (χ2n) is 24.2. The van der Waals surface area contributed by atoms with Gasteiger partial charge >= 0.3 is 0 Å². The zero-order valence-corrected chi connectivity index (χ0v) is 61.3. The van der Waals surface area contributed by atoms with Crippen LogP contribution in [0.25, 0.3) is 0 Å². The van der Waals surface area contributed by atoms with Crippen LogP contribution < -0.4 is 0 Å². The van der Waals surface area contributed by atoms with Crippen LogP contribution in [0.15, 0.2) is 97.1 Å².